The molecule has 2 atom stereocenters. The Morgan fingerprint density at radius 3 is 1.91 bits per heavy atom. The molecule has 0 radical (unpaired) electrons. The van der Waals surface area contributed by atoms with Crippen LogP contribution >= 0.6 is 0 Å². The van der Waals surface area contributed by atoms with Crippen LogP contribution in [-0.2, 0) is 14.4 Å². The minimum Gasteiger partial charge on any atom is -0.368 e. The molecule has 0 saturated heterocycles. The fourth-order valence-corrected chi connectivity index (χ4v) is 2.48. The number of likely N-dealkylation sites (N-methyl/N-ethyl adjacent to an activating group) is 2. The Labute approximate surface area is 134 Å². The summed E-state index contributed by atoms with van der Waals surface area (Å²) in [5.74, 6) is -0.566. The lowest BCUT2D eigenvalue weighted by Gasteiger charge is -2.34. The first kappa shape index (κ1) is 20.4. The molecule has 0 aromatic heterocycles. The Balaban J connectivity index is 5.14. The summed E-state index contributed by atoms with van der Waals surface area (Å²) < 4.78 is 0. The zero-order chi connectivity index (χ0) is 17.4. The van der Waals surface area contributed by atoms with Crippen LogP contribution in [0.5, 0.6) is 0 Å². The van der Waals surface area contributed by atoms with Crippen molar-refractivity contribution in [3.8, 4) is 0 Å². The van der Waals surface area contributed by atoms with E-state index in [2.05, 4.69) is 0 Å². The van der Waals surface area contributed by atoms with Gasteiger partial charge in [0.05, 0.1) is 0 Å². The van der Waals surface area contributed by atoms with Gasteiger partial charge < -0.3 is 15.5 Å². The van der Waals surface area contributed by atoms with E-state index in [1.54, 1.807) is 14.1 Å². The van der Waals surface area contributed by atoms with E-state index >= 15 is 0 Å². The maximum absolute atomic E-state index is 12.7. The molecular formula is C16H31N3O3. The Morgan fingerprint density at radius 2 is 1.55 bits per heavy atom. The van der Waals surface area contributed by atoms with Crippen molar-refractivity contribution in [3.05, 3.63) is 0 Å². The number of rotatable bonds is 9. The predicted molar refractivity (Wildman–Crippen MR) is 87.0 cm³/mol. The molecule has 6 heteroatoms. The van der Waals surface area contributed by atoms with Gasteiger partial charge in [-0.3, -0.25) is 14.4 Å². The number of amides is 3. The Hall–Kier alpha value is -1.59. The summed E-state index contributed by atoms with van der Waals surface area (Å²) >= 11 is 0. The summed E-state index contributed by atoms with van der Waals surface area (Å²) in [6, 6.07) is -1.20. The average Bonchev–Trinajstić information content (AvgIpc) is 2.44. The second-order valence-corrected chi connectivity index (χ2v) is 6.18. The van der Waals surface area contributed by atoms with Gasteiger partial charge in [0.15, 0.2) is 0 Å². The van der Waals surface area contributed by atoms with Gasteiger partial charge >= 0.3 is 0 Å². The van der Waals surface area contributed by atoms with Gasteiger partial charge in [-0.15, -0.1) is 0 Å². The van der Waals surface area contributed by atoms with E-state index in [1.807, 2.05) is 27.7 Å². The van der Waals surface area contributed by atoms with Crippen LogP contribution < -0.4 is 5.73 Å². The molecule has 0 heterocycles. The molecule has 128 valence electrons. The highest BCUT2D eigenvalue weighted by Crippen LogP contribution is 2.15. The molecule has 0 bridgehead atoms. The van der Waals surface area contributed by atoms with E-state index in [0.717, 1.165) is 6.42 Å². The van der Waals surface area contributed by atoms with Crippen molar-refractivity contribution < 1.29 is 14.4 Å². The highest BCUT2D eigenvalue weighted by molar-refractivity contribution is 5.91. The molecule has 3 amide bonds. The molecule has 22 heavy (non-hydrogen) atoms. The summed E-state index contributed by atoms with van der Waals surface area (Å²) in [6.45, 7) is 7.73. The molecule has 0 rings (SSSR count). The SMILES string of the molecule is CCCC(=O)N(C)[C@H](CC)C(=O)N(C)C(CC(C)C)C(N)=O. The minimum absolute atomic E-state index is 0.0596. The van der Waals surface area contributed by atoms with Gasteiger partial charge in [0.2, 0.25) is 17.7 Å². The number of hydrogen-bond acceptors (Lipinski definition) is 3. The van der Waals surface area contributed by atoms with Crippen molar-refractivity contribution in [2.75, 3.05) is 14.1 Å². The highest BCUT2D eigenvalue weighted by Gasteiger charge is 2.32. The maximum Gasteiger partial charge on any atom is 0.245 e. The molecule has 0 aliphatic rings. The summed E-state index contributed by atoms with van der Waals surface area (Å²) in [4.78, 5) is 39.2. The van der Waals surface area contributed by atoms with Crippen molar-refractivity contribution >= 4 is 17.7 Å². The largest absolute Gasteiger partial charge is 0.368 e. The quantitative estimate of drug-likeness (QED) is 0.698. The van der Waals surface area contributed by atoms with Crippen molar-refractivity contribution in [2.24, 2.45) is 11.7 Å². The Morgan fingerprint density at radius 1 is 1.00 bits per heavy atom. The standard InChI is InChI=1S/C16H31N3O3/c1-7-9-14(20)18(5)12(8-2)16(22)19(6)13(15(17)21)10-11(3)4/h11-13H,7-10H2,1-6H3,(H2,17,21)/t12-,13?/m1/s1. The van der Waals surface area contributed by atoms with Crippen LogP contribution in [0.25, 0.3) is 0 Å². The molecular weight excluding hydrogens is 282 g/mol. The van der Waals surface area contributed by atoms with Gasteiger partial charge in [-0.25, -0.2) is 0 Å². The van der Waals surface area contributed by atoms with Crippen LogP contribution in [-0.4, -0.2) is 53.7 Å². The van der Waals surface area contributed by atoms with Crippen LogP contribution in [0.3, 0.4) is 0 Å². The Bertz CT molecular complexity index is 396. The molecule has 0 aromatic carbocycles. The van der Waals surface area contributed by atoms with Crippen LogP contribution in [0.1, 0.15) is 53.4 Å². The molecule has 2 N–H and O–H groups in total. The molecule has 0 aliphatic carbocycles. The third-order valence-electron chi connectivity index (χ3n) is 3.83. The molecule has 6 nitrogen and oxygen atoms in total. The van der Waals surface area contributed by atoms with E-state index in [4.69, 9.17) is 5.73 Å². The van der Waals surface area contributed by atoms with Crippen molar-refractivity contribution in [2.45, 2.75) is 65.5 Å². The lowest BCUT2D eigenvalue weighted by molar-refractivity contribution is -0.147. The fourth-order valence-electron chi connectivity index (χ4n) is 2.48. The van der Waals surface area contributed by atoms with E-state index in [9.17, 15) is 14.4 Å². The molecule has 0 saturated carbocycles. The van der Waals surface area contributed by atoms with Gasteiger partial charge in [0.1, 0.15) is 12.1 Å². The molecule has 0 spiro atoms. The number of primary amides is 1. The second kappa shape index (κ2) is 9.43. The summed E-state index contributed by atoms with van der Waals surface area (Å²) in [5.41, 5.74) is 5.44. The number of nitrogens with two attached hydrogens (primary N) is 1. The van der Waals surface area contributed by atoms with E-state index in [1.165, 1.54) is 9.80 Å². The number of carbonyl (C=O) groups excluding carboxylic acids is 3. The first-order valence-corrected chi connectivity index (χ1v) is 7.98. The fraction of sp³-hybridized carbons (Fsp3) is 0.812. The lowest BCUT2D eigenvalue weighted by atomic mass is 10.0. The van der Waals surface area contributed by atoms with Gasteiger partial charge in [-0.2, -0.15) is 0 Å². The smallest absolute Gasteiger partial charge is 0.245 e. The minimum atomic E-state index is -0.642. The van der Waals surface area contributed by atoms with Gasteiger partial charge in [0.25, 0.3) is 0 Å². The van der Waals surface area contributed by atoms with E-state index in [-0.39, 0.29) is 17.7 Å². The maximum atomic E-state index is 12.7. The third kappa shape index (κ3) is 5.66. The van der Waals surface area contributed by atoms with Crippen LogP contribution in [0.4, 0.5) is 0 Å². The van der Waals surface area contributed by atoms with Gasteiger partial charge in [-0.05, 0) is 25.2 Å². The van der Waals surface area contributed by atoms with Gasteiger partial charge in [0, 0.05) is 20.5 Å². The third-order valence-corrected chi connectivity index (χ3v) is 3.83. The zero-order valence-corrected chi connectivity index (χ0v) is 14.8. The van der Waals surface area contributed by atoms with Crippen LogP contribution in [0, 0.1) is 5.92 Å². The molecule has 0 aliphatic heterocycles. The second-order valence-electron chi connectivity index (χ2n) is 6.18. The summed E-state index contributed by atoms with van der Waals surface area (Å²) in [5, 5.41) is 0. The summed E-state index contributed by atoms with van der Waals surface area (Å²) in [7, 11) is 3.22. The van der Waals surface area contributed by atoms with E-state index < -0.39 is 18.0 Å². The molecule has 0 aromatic rings. The topological polar surface area (TPSA) is 83.7 Å². The normalized spacial score (nSPS) is 13.6. The first-order valence-electron chi connectivity index (χ1n) is 7.98. The lowest BCUT2D eigenvalue weighted by Crippen LogP contribution is -2.54. The number of hydrogen-bond donors (Lipinski definition) is 1. The zero-order valence-electron chi connectivity index (χ0n) is 14.8. The van der Waals surface area contributed by atoms with Gasteiger partial charge in [-0.1, -0.05) is 27.7 Å². The van der Waals surface area contributed by atoms with Crippen molar-refractivity contribution in [1.29, 1.82) is 0 Å². The molecule has 1 unspecified atom stereocenters. The van der Waals surface area contributed by atoms with Crippen LogP contribution in [0.15, 0.2) is 0 Å². The summed E-state index contributed by atoms with van der Waals surface area (Å²) in [6.07, 6.45) is 2.17. The monoisotopic (exact) mass is 313 g/mol. The number of nitrogens with zero attached hydrogens (tertiary/aromatic N) is 2. The van der Waals surface area contributed by atoms with Crippen molar-refractivity contribution in [1.82, 2.24) is 9.80 Å². The average molecular weight is 313 g/mol. The molecule has 0 fully saturated rings. The van der Waals surface area contributed by atoms with Crippen molar-refractivity contribution in [3.63, 3.8) is 0 Å². The number of carbonyl (C=O) groups is 3. The first-order chi connectivity index (χ1) is 10.2. The van der Waals surface area contributed by atoms with Crippen LogP contribution in [0.2, 0.25) is 0 Å². The predicted octanol–water partition coefficient (Wildman–Crippen LogP) is 1.38. The van der Waals surface area contributed by atoms with E-state index in [0.29, 0.717) is 19.3 Å². The Kier molecular flexibility index (Phi) is 8.75. The highest BCUT2D eigenvalue weighted by atomic mass is 16.2.